The van der Waals surface area contributed by atoms with Crippen molar-refractivity contribution in [3.8, 4) is 0 Å². The molecule has 1 saturated heterocycles. The number of hydrazone groups is 1. The van der Waals surface area contributed by atoms with Gasteiger partial charge in [0.25, 0.3) is 5.56 Å². The van der Waals surface area contributed by atoms with Gasteiger partial charge in [-0.05, 0) is 84.1 Å². The van der Waals surface area contributed by atoms with Gasteiger partial charge in [-0.2, -0.15) is 10.1 Å². The molecule has 2 aliphatic heterocycles. The molecule has 2 N–H and O–H groups in total. The number of nitrogens with zero attached hydrogens (tertiary/aromatic N) is 8. The van der Waals surface area contributed by atoms with E-state index in [0.29, 0.717) is 22.8 Å². The smallest absolute Gasteiger partial charge is 0.278 e. The molecule has 3 aromatic rings. The van der Waals surface area contributed by atoms with Crippen molar-refractivity contribution in [3.63, 3.8) is 0 Å². The SMILES string of the molecule is C=CCn1c(=O)c2cnc(Nc3ccc(N4CCC(C)(N(C)C)CC4)cc3)nc2n1C1=NN(C(C)C)C(O)C=C1. The Labute approximate surface area is 234 Å². The van der Waals surface area contributed by atoms with Crippen LogP contribution in [0.4, 0.5) is 17.3 Å². The molecule has 40 heavy (non-hydrogen) atoms. The van der Waals surface area contributed by atoms with Crippen molar-refractivity contribution >= 4 is 34.2 Å². The first-order valence-corrected chi connectivity index (χ1v) is 13.7. The molecular weight excluding hydrogens is 506 g/mol. The number of piperidine rings is 1. The molecule has 2 aliphatic rings. The second kappa shape index (κ2) is 10.9. The molecule has 11 nitrogen and oxygen atoms in total. The lowest BCUT2D eigenvalue weighted by molar-refractivity contribution is 0.0188. The molecule has 0 saturated carbocycles. The van der Waals surface area contributed by atoms with Crippen LogP contribution in [0.5, 0.6) is 0 Å². The van der Waals surface area contributed by atoms with E-state index < -0.39 is 6.23 Å². The van der Waals surface area contributed by atoms with E-state index in [4.69, 9.17) is 4.98 Å². The Morgan fingerprint density at radius 2 is 1.93 bits per heavy atom. The van der Waals surface area contributed by atoms with Gasteiger partial charge >= 0.3 is 0 Å². The van der Waals surface area contributed by atoms with Gasteiger partial charge in [-0.3, -0.25) is 9.80 Å². The zero-order valence-electron chi connectivity index (χ0n) is 23.9. The summed E-state index contributed by atoms with van der Waals surface area (Å²) in [5.74, 6) is 0.833. The van der Waals surface area contributed by atoms with Crippen LogP contribution in [-0.2, 0) is 6.54 Å². The summed E-state index contributed by atoms with van der Waals surface area (Å²) in [6, 6.07) is 8.23. The summed E-state index contributed by atoms with van der Waals surface area (Å²) in [6.45, 7) is 12.3. The summed E-state index contributed by atoms with van der Waals surface area (Å²) in [5.41, 5.74) is 2.46. The molecule has 0 bridgehead atoms. The maximum atomic E-state index is 13.2. The van der Waals surface area contributed by atoms with Crippen molar-refractivity contribution in [3.05, 3.63) is 65.6 Å². The van der Waals surface area contributed by atoms with Gasteiger partial charge in [0.05, 0.1) is 6.54 Å². The standard InChI is InChI=1S/C29H39N9O2/c1-7-16-36-27(40)23-19-30-28(32-26(23)38(36)24-12-13-25(39)37(33-24)20(2)3)31-21-8-10-22(11-9-21)35-17-14-29(4,15-18-35)34(5)6/h7-13,19-20,25,39H,1,14-18H2,2-6H3,(H,30,31,32). The van der Waals surface area contributed by atoms with Crippen molar-refractivity contribution in [2.45, 2.75) is 58.0 Å². The molecule has 1 unspecified atom stereocenters. The summed E-state index contributed by atoms with van der Waals surface area (Å²) >= 11 is 0. The molecule has 212 valence electrons. The second-order valence-electron chi connectivity index (χ2n) is 11.2. The third kappa shape index (κ3) is 5.14. The number of aromatic nitrogens is 4. The number of anilines is 3. The number of rotatable bonds is 7. The van der Waals surface area contributed by atoms with E-state index in [1.54, 1.807) is 27.9 Å². The maximum absolute atomic E-state index is 13.2. The van der Waals surface area contributed by atoms with Crippen LogP contribution in [0, 0.1) is 0 Å². The number of aliphatic hydroxyl groups excluding tert-OH is 1. The van der Waals surface area contributed by atoms with E-state index >= 15 is 0 Å². The van der Waals surface area contributed by atoms with Gasteiger partial charge < -0.3 is 20.2 Å². The Balaban J connectivity index is 1.42. The van der Waals surface area contributed by atoms with E-state index in [1.807, 2.05) is 26.0 Å². The average Bonchev–Trinajstić information content (AvgIpc) is 3.20. The fourth-order valence-electron chi connectivity index (χ4n) is 5.19. The first-order chi connectivity index (χ1) is 19.1. The highest BCUT2D eigenvalue weighted by molar-refractivity contribution is 5.99. The quantitative estimate of drug-likeness (QED) is 0.436. The molecular formula is C29H39N9O2. The Morgan fingerprint density at radius 1 is 1.23 bits per heavy atom. The summed E-state index contributed by atoms with van der Waals surface area (Å²) in [6.07, 6.45) is 7.92. The number of benzene rings is 1. The van der Waals surface area contributed by atoms with Crippen molar-refractivity contribution < 1.29 is 5.11 Å². The van der Waals surface area contributed by atoms with Crippen molar-refractivity contribution in [1.29, 1.82) is 0 Å². The number of aliphatic hydroxyl groups is 1. The van der Waals surface area contributed by atoms with Crippen LogP contribution in [-0.4, -0.2) is 85.2 Å². The number of nitrogens with one attached hydrogen (secondary N) is 1. The van der Waals surface area contributed by atoms with Gasteiger partial charge in [0.2, 0.25) is 5.95 Å². The fourth-order valence-corrected chi connectivity index (χ4v) is 5.19. The van der Waals surface area contributed by atoms with E-state index in [9.17, 15) is 9.90 Å². The first kappa shape index (κ1) is 27.6. The number of hydrogen-bond donors (Lipinski definition) is 2. The molecule has 0 radical (unpaired) electrons. The third-order valence-electron chi connectivity index (χ3n) is 8.04. The predicted octanol–water partition coefficient (Wildman–Crippen LogP) is 3.20. The van der Waals surface area contributed by atoms with Gasteiger partial charge in [-0.25, -0.2) is 14.3 Å². The van der Waals surface area contributed by atoms with E-state index in [0.717, 1.165) is 31.6 Å². The summed E-state index contributed by atoms with van der Waals surface area (Å²) < 4.78 is 3.18. The van der Waals surface area contributed by atoms with Crippen LogP contribution in [0.25, 0.3) is 11.0 Å². The fraction of sp³-hybridized carbons (Fsp3) is 0.448. The van der Waals surface area contributed by atoms with Gasteiger partial charge in [0.1, 0.15) is 5.39 Å². The lowest BCUT2D eigenvalue weighted by atomic mass is 9.88. The minimum absolute atomic E-state index is 0.0476. The minimum atomic E-state index is -0.845. The van der Waals surface area contributed by atoms with E-state index in [-0.39, 0.29) is 23.7 Å². The van der Waals surface area contributed by atoms with Crippen LogP contribution in [0.2, 0.25) is 0 Å². The lowest BCUT2D eigenvalue weighted by Crippen LogP contribution is -2.50. The monoisotopic (exact) mass is 545 g/mol. The van der Waals surface area contributed by atoms with Crippen LogP contribution >= 0.6 is 0 Å². The second-order valence-corrected chi connectivity index (χ2v) is 11.2. The molecule has 0 spiro atoms. The normalized spacial score (nSPS) is 19.0. The number of allylic oxidation sites excluding steroid dienone is 2. The van der Waals surface area contributed by atoms with Gasteiger partial charge in [-0.15, -0.1) is 6.58 Å². The summed E-state index contributed by atoms with van der Waals surface area (Å²) in [5, 5.41) is 20.2. The molecule has 4 heterocycles. The molecule has 2 aromatic heterocycles. The lowest BCUT2D eigenvalue weighted by Gasteiger charge is -2.44. The molecule has 1 fully saturated rings. The molecule has 1 atom stereocenters. The Kier molecular flexibility index (Phi) is 7.52. The Morgan fingerprint density at radius 3 is 2.55 bits per heavy atom. The van der Waals surface area contributed by atoms with Crippen molar-refractivity contribution in [2.75, 3.05) is 37.4 Å². The van der Waals surface area contributed by atoms with E-state index in [2.05, 4.69) is 64.9 Å². The predicted molar refractivity (Wildman–Crippen MR) is 160 cm³/mol. The van der Waals surface area contributed by atoms with Gasteiger partial charge in [-0.1, -0.05) is 6.08 Å². The van der Waals surface area contributed by atoms with Gasteiger partial charge in [0.15, 0.2) is 17.7 Å². The van der Waals surface area contributed by atoms with E-state index in [1.165, 1.54) is 16.6 Å². The first-order valence-electron chi connectivity index (χ1n) is 13.7. The Hall–Kier alpha value is -3.96. The molecule has 0 aliphatic carbocycles. The number of hydrogen-bond acceptors (Lipinski definition) is 9. The van der Waals surface area contributed by atoms with Crippen LogP contribution in [0.15, 0.2) is 65.2 Å². The summed E-state index contributed by atoms with van der Waals surface area (Å²) in [7, 11) is 4.32. The third-order valence-corrected chi connectivity index (χ3v) is 8.04. The van der Waals surface area contributed by atoms with Crippen LogP contribution in [0.3, 0.4) is 0 Å². The highest BCUT2D eigenvalue weighted by Gasteiger charge is 2.32. The summed E-state index contributed by atoms with van der Waals surface area (Å²) in [4.78, 5) is 27.1. The highest BCUT2D eigenvalue weighted by Crippen LogP contribution is 2.30. The number of fused-ring (bicyclic) bond motifs is 1. The highest BCUT2D eigenvalue weighted by atomic mass is 16.3. The zero-order valence-corrected chi connectivity index (χ0v) is 23.9. The Bertz CT molecular complexity index is 1490. The minimum Gasteiger partial charge on any atom is -0.371 e. The molecule has 0 amide bonds. The van der Waals surface area contributed by atoms with Crippen LogP contribution in [0.1, 0.15) is 33.6 Å². The molecule has 11 heteroatoms. The zero-order chi connectivity index (χ0) is 28.6. The maximum Gasteiger partial charge on any atom is 0.278 e. The topological polar surface area (TPSA) is 107 Å². The van der Waals surface area contributed by atoms with Crippen LogP contribution < -0.4 is 15.8 Å². The molecule has 1 aromatic carbocycles. The van der Waals surface area contributed by atoms with Gasteiger partial charge in [0, 0.05) is 42.2 Å². The largest absolute Gasteiger partial charge is 0.371 e. The molecule has 5 rings (SSSR count). The van der Waals surface area contributed by atoms with Crippen molar-refractivity contribution in [2.24, 2.45) is 5.10 Å². The van der Waals surface area contributed by atoms with Crippen molar-refractivity contribution in [1.82, 2.24) is 29.2 Å². The average molecular weight is 546 g/mol.